The molecule has 3 heterocycles. The number of pyridine rings is 1. The Bertz CT molecular complexity index is 1630. The van der Waals surface area contributed by atoms with Crippen molar-refractivity contribution in [1.29, 1.82) is 0 Å². The Labute approximate surface area is 255 Å². The molecule has 1 N–H and O–H groups in total. The molecule has 4 aromatic rings. The average Bonchev–Trinajstić information content (AvgIpc) is 3.29. The summed E-state index contributed by atoms with van der Waals surface area (Å²) in [4.78, 5) is 21.1. The van der Waals surface area contributed by atoms with E-state index in [9.17, 15) is 22.4 Å². The Balaban J connectivity index is 0.00000423. The zero-order valence-electron chi connectivity index (χ0n) is 23.1. The molecule has 2 aromatic heterocycles. The van der Waals surface area contributed by atoms with Gasteiger partial charge in [0.1, 0.15) is 28.7 Å². The van der Waals surface area contributed by atoms with Gasteiger partial charge in [0.05, 0.1) is 22.1 Å². The van der Waals surface area contributed by atoms with Gasteiger partial charge in [0.25, 0.3) is 5.91 Å². The summed E-state index contributed by atoms with van der Waals surface area (Å²) in [5, 5.41) is 3.29. The van der Waals surface area contributed by atoms with Crippen molar-refractivity contribution in [3.05, 3.63) is 88.3 Å². The van der Waals surface area contributed by atoms with Crippen LogP contribution in [0.3, 0.4) is 0 Å². The Kier molecular flexibility index (Phi) is 9.60. The van der Waals surface area contributed by atoms with E-state index in [1.54, 1.807) is 39.8 Å². The third kappa shape index (κ3) is 7.07. The van der Waals surface area contributed by atoms with Crippen molar-refractivity contribution < 1.29 is 31.5 Å². The molecule has 14 heteroatoms. The lowest BCUT2D eigenvalue weighted by Crippen LogP contribution is -2.52. The molecule has 1 atom stereocenters. The molecule has 5 rings (SSSR count). The highest BCUT2D eigenvalue weighted by Crippen LogP contribution is 2.32. The second-order valence-corrected chi connectivity index (χ2v) is 10.4. The molecule has 0 unspecified atom stereocenters. The topological polar surface area (TPSA) is 62.1 Å². The van der Waals surface area contributed by atoms with Gasteiger partial charge in [-0.05, 0) is 55.3 Å². The van der Waals surface area contributed by atoms with E-state index in [1.165, 1.54) is 12.1 Å². The van der Waals surface area contributed by atoms with E-state index in [0.29, 0.717) is 65.4 Å². The quantitative estimate of drug-likeness (QED) is 0.225. The van der Waals surface area contributed by atoms with E-state index in [1.807, 2.05) is 18.7 Å². The molecule has 0 bridgehead atoms. The number of halogens is 7. The highest BCUT2D eigenvalue weighted by molar-refractivity contribution is 6.30. The van der Waals surface area contributed by atoms with Crippen LogP contribution >= 0.6 is 24.0 Å². The Morgan fingerprint density at radius 2 is 1.79 bits per heavy atom. The van der Waals surface area contributed by atoms with Crippen LogP contribution in [0, 0.1) is 11.6 Å². The van der Waals surface area contributed by atoms with Crippen LogP contribution in [0.2, 0.25) is 5.02 Å². The van der Waals surface area contributed by atoms with Crippen LogP contribution in [0.25, 0.3) is 5.65 Å². The summed E-state index contributed by atoms with van der Waals surface area (Å²) >= 11 is 6.11. The van der Waals surface area contributed by atoms with Gasteiger partial charge in [-0.1, -0.05) is 24.6 Å². The third-order valence-corrected chi connectivity index (χ3v) is 7.32. The number of imidazole rings is 1. The van der Waals surface area contributed by atoms with Gasteiger partial charge in [0.15, 0.2) is 0 Å². The Morgan fingerprint density at radius 3 is 2.44 bits per heavy atom. The van der Waals surface area contributed by atoms with Crippen molar-refractivity contribution in [3.63, 3.8) is 0 Å². The first-order valence-electron chi connectivity index (χ1n) is 13.2. The number of aryl methyl sites for hydroxylation is 1. The zero-order valence-corrected chi connectivity index (χ0v) is 24.7. The molecule has 0 aliphatic carbocycles. The number of benzene rings is 2. The number of alkyl halides is 3. The number of anilines is 2. The van der Waals surface area contributed by atoms with Crippen molar-refractivity contribution in [2.45, 2.75) is 39.2 Å². The van der Waals surface area contributed by atoms with E-state index in [0.717, 1.165) is 6.07 Å². The Morgan fingerprint density at radius 1 is 1.07 bits per heavy atom. The lowest BCUT2D eigenvalue weighted by atomic mass is 10.1. The van der Waals surface area contributed by atoms with Crippen LogP contribution in [-0.4, -0.2) is 47.3 Å². The number of nitrogens with one attached hydrogen (secondary N) is 1. The van der Waals surface area contributed by atoms with E-state index < -0.39 is 23.7 Å². The van der Waals surface area contributed by atoms with Gasteiger partial charge in [-0.3, -0.25) is 9.20 Å². The second-order valence-electron chi connectivity index (χ2n) is 9.95. The SMILES string of the molecule is CCc1nc2ccc(Cl)cn2c1C(=O)NCc1ccc(N2CCN(c3ccc(OC(F)(F)F)cc3F)[C@@H](C)C2)c(F)c1.Cl. The van der Waals surface area contributed by atoms with Gasteiger partial charge in [-0.25, -0.2) is 13.8 Å². The highest BCUT2D eigenvalue weighted by Gasteiger charge is 2.32. The molecule has 7 nitrogen and oxygen atoms in total. The number of aromatic nitrogens is 2. The maximum atomic E-state index is 15.2. The lowest BCUT2D eigenvalue weighted by molar-refractivity contribution is -0.274. The van der Waals surface area contributed by atoms with Crippen molar-refractivity contribution in [1.82, 2.24) is 14.7 Å². The summed E-state index contributed by atoms with van der Waals surface area (Å²) in [5.41, 5.74) is 2.65. The second kappa shape index (κ2) is 12.8. The van der Waals surface area contributed by atoms with E-state index in [-0.39, 0.29) is 36.6 Å². The van der Waals surface area contributed by atoms with Crippen LogP contribution in [0.4, 0.5) is 33.3 Å². The first-order chi connectivity index (χ1) is 19.9. The molecule has 230 valence electrons. The van der Waals surface area contributed by atoms with Crippen LogP contribution in [-0.2, 0) is 13.0 Å². The monoisotopic (exact) mass is 643 g/mol. The number of hydrogen-bond donors (Lipinski definition) is 1. The summed E-state index contributed by atoms with van der Waals surface area (Å²) < 4.78 is 72.7. The minimum atomic E-state index is -4.92. The third-order valence-electron chi connectivity index (χ3n) is 7.10. The van der Waals surface area contributed by atoms with Crippen molar-refractivity contribution >= 4 is 46.9 Å². The van der Waals surface area contributed by atoms with Crippen LogP contribution < -0.4 is 19.9 Å². The summed E-state index contributed by atoms with van der Waals surface area (Å²) in [6, 6.07) is 10.9. The zero-order chi connectivity index (χ0) is 30.2. The predicted octanol–water partition coefficient (Wildman–Crippen LogP) is 6.79. The van der Waals surface area contributed by atoms with E-state index in [4.69, 9.17) is 11.6 Å². The molecule has 1 aliphatic rings. The molecule has 0 spiro atoms. The van der Waals surface area contributed by atoms with Gasteiger partial charge >= 0.3 is 6.36 Å². The number of piperazine rings is 1. The minimum Gasteiger partial charge on any atom is -0.406 e. The number of carbonyl (C=O) groups excluding carboxylic acids is 1. The molecule has 1 aliphatic heterocycles. The number of carbonyl (C=O) groups is 1. The molecule has 1 amide bonds. The molecule has 1 saturated heterocycles. The Hall–Kier alpha value is -3.77. The molecule has 1 fully saturated rings. The van der Waals surface area contributed by atoms with Crippen molar-refractivity contribution in [2.24, 2.45) is 0 Å². The molecular formula is C29H28Cl2F5N5O2. The standard InChI is InChI=1S/C29H27ClF5N5O2.ClH/c1-3-23-27(40-16-19(30)5-9-26(40)37-23)28(41)36-14-18-4-7-24(21(31)12-18)38-10-11-39(17(2)15-38)25-8-6-20(13-22(25)32)42-29(33,34)35;/h4-9,12-13,16-17H,3,10-11,14-15H2,1-2H3,(H,36,41);1H/t17-;/m0./s1. The number of hydrogen-bond acceptors (Lipinski definition) is 5. The molecule has 2 aromatic carbocycles. The smallest absolute Gasteiger partial charge is 0.406 e. The summed E-state index contributed by atoms with van der Waals surface area (Å²) in [6.45, 7) is 4.83. The number of ether oxygens (including phenoxy) is 1. The fourth-order valence-corrected chi connectivity index (χ4v) is 5.35. The normalized spacial score (nSPS) is 15.4. The summed E-state index contributed by atoms with van der Waals surface area (Å²) in [7, 11) is 0. The first kappa shape index (κ1) is 32.2. The molecule has 0 saturated carbocycles. The molecular weight excluding hydrogens is 616 g/mol. The lowest BCUT2D eigenvalue weighted by Gasteiger charge is -2.42. The molecule has 43 heavy (non-hydrogen) atoms. The van der Waals surface area contributed by atoms with Gasteiger partial charge in [0.2, 0.25) is 0 Å². The maximum Gasteiger partial charge on any atom is 0.573 e. The number of nitrogens with zero attached hydrogens (tertiary/aromatic N) is 4. The highest BCUT2D eigenvalue weighted by atomic mass is 35.5. The number of fused-ring (bicyclic) bond motifs is 1. The summed E-state index contributed by atoms with van der Waals surface area (Å²) in [5.74, 6) is -2.31. The van der Waals surface area contributed by atoms with Gasteiger partial charge in [0, 0.05) is 44.5 Å². The van der Waals surface area contributed by atoms with Gasteiger partial charge in [-0.15, -0.1) is 25.6 Å². The summed E-state index contributed by atoms with van der Waals surface area (Å²) in [6.07, 6.45) is -2.75. The van der Waals surface area contributed by atoms with Gasteiger partial charge in [-0.2, -0.15) is 0 Å². The van der Waals surface area contributed by atoms with Crippen LogP contribution in [0.5, 0.6) is 5.75 Å². The van der Waals surface area contributed by atoms with E-state index >= 15 is 4.39 Å². The number of rotatable bonds is 7. The number of amides is 1. The van der Waals surface area contributed by atoms with Crippen LogP contribution in [0.15, 0.2) is 54.7 Å². The minimum absolute atomic E-state index is 0. The van der Waals surface area contributed by atoms with Gasteiger partial charge < -0.3 is 19.9 Å². The maximum absolute atomic E-state index is 15.2. The first-order valence-corrected chi connectivity index (χ1v) is 13.6. The largest absolute Gasteiger partial charge is 0.573 e. The average molecular weight is 644 g/mol. The van der Waals surface area contributed by atoms with E-state index in [2.05, 4.69) is 15.0 Å². The van der Waals surface area contributed by atoms with Crippen molar-refractivity contribution in [3.8, 4) is 5.75 Å². The fraction of sp³-hybridized carbons (Fsp3) is 0.310. The predicted molar refractivity (Wildman–Crippen MR) is 157 cm³/mol. The molecule has 0 radical (unpaired) electrons. The van der Waals surface area contributed by atoms with Crippen molar-refractivity contribution in [2.75, 3.05) is 29.4 Å². The fourth-order valence-electron chi connectivity index (χ4n) is 5.19. The van der Waals surface area contributed by atoms with Crippen LogP contribution in [0.1, 0.15) is 35.6 Å².